The molecular formula is C18H24N2O. The van der Waals surface area contributed by atoms with E-state index in [1.807, 2.05) is 12.1 Å². The van der Waals surface area contributed by atoms with Crippen molar-refractivity contribution < 1.29 is 4.74 Å². The molecule has 0 radical (unpaired) electrons. The van der Waals surface area contributed by atoms with Gasteiger partial charge < -0.3 is 15.0 Å². The van der Waals surface area contributed by atoms with Gasteiger partial charge in [-0.2, -0.15) is 0 Å². The van der Waals surface area contributed by atoms with E-state index in [-0.39, 0.29) is 6.04 Å². The Hall–Kier alpha value is -2.00. The minimum atomic E-state index is 0.131. The van der Waals surface area contributed by atoms with E-state index in [2.05, 4.69) is 67.6 Å². The molecule has 21 heavy (non-hydrogen) atoms. The van der Waals surface area contributed by atoms with E-state index >= 15 is 0 Å². The lowest BCUT2D eigenvalue weighted by Gasteiger charge is -2.23. The molecule has 3 nitrogen and oxygen atoms in total. The zero-order chi connectivity index (χ0) is 15.2. The molecule has 1 atom stereocenters. The van der Waals surface area contributed by atoms with Crippen LogP contribution >= 0.6 is 0 Å². The zero-order valence-electron chi connectivity index (χ0n) is 13.3. The molecule has 1 N–H and O–H groups in total. The molecule has 0 aromatic heterocycles. The van der Waals surface area contributed by atoms with E-state index in [1.165, 1.54) is 11.3 Å². The maximum atomic E-state index is 5.52. The highest BCUT2D eigenvalue weighted by molar-refractivity contribution is 5.50. The Morgan fingerprint density at radius 1 is 1.10 bits per heavy atom. The van der Waals surface area contributed by atoms with Gasteiger partial charge in [-0.1, -0.05) is 37.3 Å². The number of rotatable bonds is 6. The number of ether oxygens (including phenoxy) is 1. The van der Waals surface area contributed by atoms with Crippen LogP contribution in [-0.4, -0.2) is 27.7 Å². The monoisotopic (exact) mass is 284 g/mol. The van der Waals surface area contributed by atoms with Crippen molar-refractivity contribution in [3.05, 3.63) is 59.7 Å². The quantitative estimate of drug-likeness (QED) is 0.879. The first-order valence-corrected chi connectivity index (χ1v) is 7.31. The third-order valence-corrected chi connectivity index (χ3v) is 3.58. The first-order chi connectivity index (χ1) is 10.2. The molecular weight excluding hydrogens is 260 g/mol. The molecule has 0 aliphatic rings. The Kier molecular flexibility index (Phi) is 5.23. The number of benzene rings is 2. The van der Waals surface area contributed by atoms with Crippen LogP contribution in [0.2, 0.25) is 0 Å². The van der Waals surface area contributed by atoms with Crippen molar-refractivity contribution in [2.75, 3.05) is 32.6 Å². The second kappa shape index (κ2) is 7.14. The fourth-order valence-electron chi connectivity index (χ4n) is 2.50. The van der Waals surface area contributed by atoms with Crippen molar-refractivity contribution in [1.82, 2.24) is 5.32 Å². The first kappa shape index (κ1) is 15.4. The molecule has 2 aromatic rings. The van der Waals surface area contributed by atoms with Crippen LogP contribution in [0.1, 0.15) is 24.1 Å². The van der Waals surface area contributed by atoms with Crippen LogP contribution in [0.25, 0.3) is 0 Å². The molecule has 1 unspecified atom stereocenters. The number of hydrogen-bond acceptors (Lipinski definition) is 3. The molecule has 112 valence electrons. The summed E-state index contributed by atoms with van der Waals surface area (Å²) in [4.78, 5) is 2.12. The predicted molar refractivity (Wildman–Crippen MR) is 89.3 cm³/mol. The normalized spacial score (nSPS) is 12.0. The van der Waals surface area contributed by atoms with Crippen molar-refractivity contribution in [2.45, 2.75) is 13.0 Å². The third-order valence-electron chi connectivity index (χ3n) is 3.58. The van der Waals surface area contributed by atoms with Gasteiger partial charge in [0.2, 0.25) is 0 Å². The molecule has 0 bridgehead atoms. The average Bonchev–Trinajstić information content (AvgIpc) is 2.52. The third kappa shape index (κ3) is 3.56. The Bertz CT molecular complexity index is 581. The highest BCUT2D eigenvalue weighted by atomic mass is 16.5. The van der Waals surface area contributed by atoms with Gasteiger partial charge in [-0.25, -0.2) is 0 Å². The summed E-state index contributed by atoms with van der Waals surface area (Å²) < 4.78 is 5.52. The van der Waals surface area contributed by atoms with Crippen LogP contribution in [0.3, 0.4) is 0 Å². The van der Waals surface area contributed by atoms with Crippen LogP contribution in [0.5, 0.6) is 5.75 Å². The second-order valence-corrected chi connectivity index (χ2v) is 5.22. The first-order valence-electron chi connectivity index (χ1n) is 7.31. The van der Waals surface area contributed by atoms with Crippen molar-refractivity contribution >= 4 is 5.69 Å². The lowest BCUT2D eigenvalue weighted by molar-refractivity contribution is 0.404. The Morgan fingerprint density at radius 2 is 1.86 bits per heavy atom. The van der Waals surface area contributed by atoms with Crippen LogP contribution in [0.4, 0.5) is 5.69 Å². The zero-order valence-corrected chi connectivity index (χ0v) is 13.3. The predicted octanol–water partition coefficient (Wildman–Crippen LogP) is 3.46. The SMILES string of the molecule is CCNC(c1cccc(N(C)C)c1)c1ccccc1OC. The standard InChI is InChI=1S/C18H24N2O/c1-5-19-18(16-11-6-7-12-17(16)21-4)14-9-8-10-15(13-14)20(2)3/h6-13,18-19H,5H2,1-4H3. The van der Waals surface area contributed by atoms with Gasteiger partial charge in [0.05, 0.1) is 13.2 Å². The van der Waals surface area contributed by atoms with Crippen molar-refractivity contribution in [3.63, 3.8) is 0 Å². The van der Waals surface area contributed by atoms with E-state index in [0.717, 1.165) is 17.9 Å². The van der Waals surface area contributed by atoms with Crippen LogP contribution in [-0.2, 0) is 0 Å². The summed E-state index contributed by atoms with van der Waals surface area (Å²) in [6.07, 6.45) is 0. The Balaban J connectivity index is 2.45. The number of methoxy groups -OCH3 is 1. The van der Waals surface area contributed by atoms with Gasteiger partial charge in [0.25, 0.3) is 0 Å². The Labute approximate surface area is 127 Å². The topological polar surface area (TPSA) is 24.5 Å². The minimum Gasteiger partial charge on any atom is -0.496 e. The maximum Gasteiger partial charge on any atom is 0.123 e. The van der Waals surface area contributed by atoms with Gasteiger partial charge in [0.1, 0.15) is 5.75 Å². The fraction of sp³-hybridized carbons (Fsp3) is 0.333. The molecule has 0 fully saturated rings. The lowest BCUT2D eigenvalue weighted by Crippen LogP contribution is -2.23. The average molecular weight is 284 g/mol. The number of anilines is 1. The van der Waals surface area contributed by atoms with Crippen molar-refractivity contribution in [2.24, 2.45) is 0 Å². The number of nitrogens with one attached hydrogen (secondary N) is 1. The van der Waals surface area contributed by atoms with Gasteiger partial charge in [0.15, 0.2) is 0 Å². The molecule has 0 saturated carbocycles. The lowest BCUT2D eigenvalue weighted by atomic mass is 9.97. The minimum absolute atomic E-state index is 0.131. The number of hydrogen-bond donors (Lipinski definition) is 1. The van der Waals surface area contributed by atoms with Crippen LogP contribution in [0, 0.1) is 0 Å². The van der Waals surface area contributed by atoms with E-state index in [0.29, 0.717) is 0 Å². The summed E-state index contributed by atoms with van der Waals surface area (Å²) in [7, 11) is 5.84. The molecule has 0 amide bonds. The summed E-state index contributed by atoms with van der Waals surface area (Å²) >= 11 is 0. The molecule has 2 rings (SSSR count). The summed E-state index contributed by atoms with van der Waals surface area (Å²) in [5, 5.41) is 3.56. The van der Waals surface area contributed by atoms with Gasteiger partial charge in [-0.3, -0.25) is 0 Å². The summed E-state index contributed by atoms with van der Waals surface area (Å²) in [6, 6.07) is 16.9. The van der Waals surface area contributed by atoms with Gasteiger partial charge in [-0.15, -0.1) is 0 Å². The summed E-state index contributed by atoms with van der Waals surface area (Å²) in [5.41, 5.74) is 3.61. The van der Waals surface area contributed by atoms with E-state index in [9.17, 15) is 0 Å². The highest BCUT2D eigenvalue weighted by Crippen LogP contribution is 2.31. The summed E-state index contributed by atoms with van der Waals surface area (Å²) in [6.45, 7) is 3.02. The smallest absolute Gasteiger partial charge is 0.123 e. The molecule has 0 saturated heterocycles. The fourth-order valence-corrected chi connectivity index (χ4v) is 2.50. The molecule has 3 heteroatoms. The van der Waals surface area contributed by atoms with E-state index in [1.54, 1.807) is 7.11 Å². The van der Waals surface area contributed by atoms with Gasteiger partial charge in [-0.05, 0) is 30.3 Å². The van der Waals surface area contributed by atoms with Crippen molar-refractivity contribution in [3.8, 4) is 5.75 Å². The largest absolute Gasteiger partial charge is 0.496 e. The number of nitrogens with zero attached hydrogens (tertiary/aromatic N) is 1. The van der Waals surface area contributed by atoms with E-state index < -0.39 is 0 Å². The molecule has 2 aromatic carbocycles. The maximum absolute atomic E-state index is 5.52. The molecule has 0 aliphatic carbocycles. The van der Waals surface area contributed by atoms with Crippen LogP contribution < -0.4 is 15.0 Å². The van der Waals surface area contributed by atoms with E-state index in [4.69, 9.17) is 4.74 Å². The molecule has 0 aliphatic heterocycles. The number of para-hydroxylation sites is 1. The van der Waals surface area contributed by atoms with Gasteiger partial charge >= 0.3 is 0 Å². The highest BCUT2D eigenvalue weighted by Gasteiger charge is 2.17. The van der Waals surface area contributed by atoms with Gasteiger partial charge in [0, 0.05) is 25.3 Å². The van der Waals surface area contributed by atoms with Crippen LogP contribution in [0.15, 0.2) is 48.5 Å². The second-order valence-electron chi connectivity index (χ2n) is 5.22. The molecule has 0 heterocycles. The molecule has 0 spiro atoms. The Morgan fingerprint density at radius 3 is 2.52 bits per heavy atom. The van der Waals surface area contributed by atoms with Crippen molar-refractivity contribution in [1.29, 1.82) is 0 Å². The summed E-state index contributed by atoms with van der Waals surface area (Å²) in [5.74, 6) is 0.915.